The van der Waals surface area contributed by atoms with E-state index in [9.17, 15) is 0 Å². The first kappa shape index (κ1) is 18.4. The highest BCUT2D eigenvalue weighted by Crippen LogP contribution is 2.12. The predicted octanol–water partition coefficient (Wildman–Crippen LogP) is 3.51. The van der Waals surface area contributed by atoms with E-state index >= 15 is 0 Å². The Morgan fingerprint density at radius 3 is 2.47 bits per heavy atom. The molecular weight excluding hydrogens is 242 g/mol. The van der Waals surface area contributed by atoms with Gasteiger partial charge in [-0.3, -0.25) is 0 Å². The fourth-order valence-electron chi connectivity index (χ4n) is 1.81. The maximum Gasteiger partial charge on any atom is 0.170 e. The second kappa shape index (κ2) is 13.8. The summed E-state index contributed by atoms with van der Waals surface area (Å²) in [6, 6.07) is 2.05. The molecule has 0 spiro atoms. The summed E-state index contributed by atoms with van der Waals surface area (Å²) in [5.74, 6) is 0.654. The summed E-state index contributed by atoms with van der Waals surface area (Å²) in [6.07, 6.45) is 4.76. The molecule has 112 valence electrons. The van der Waals surface area contributed by atoms with Crippen LogP contribution in [0.25, 0.3) is 0 Å². The molecule has 0 aliphatic carbocycles. The number of hydrogen-bond donors (Lipinski definition) is 0. The molecule has 0 aromatic heterocycles. The van der Waals surface area contributed by atoms with E-state index in [-0.39, 0.29) is 6.42 Å². The fourth-order valence-corrected chi connectivity index (χ4v) is 1.81. The Hall–Kier alpha value is -0.630. The standard InChI is InChI=1S/C15H29NO3/c1-4-7-8-14(5-2)13-17-11-12-19-15(9-10-16)18-6-3/h14-15H,4-9,11-13H2,1-3H3. The number of ether oxygens (including phenoxy) is 3. The van der Waals surface area contributed by atoms with Crippen LogP contribution in [0.4, 0.5) is 0 Å². The zero-order valence-corrected chi connectivity index (χ0v) is 12.7. The third kappa shape index (κ3) is 10.9. The van der Waals surface area contributed by atoms with Crippen LogP contribution in [-0.2, 0) is 14.2 Å². The summed E-state index contributed by atoms with van der Waals surface area (Å²) in [4.78, 5) is 0. The Labute approximate surface area is 118 Å². The number of nitrogens with zero attached hydrogens (tertiary/aromatic N) is 1. The van der Waals surface area contributed by atoms with Crippen LogP contribution in [0.1, 0.15) is 52.9 Å². The van der Waals surface area contributed by atoms with E-state index in [1.54, 1.807) is 0 Å². The van der Waals surface area contributed by atoms with E-state index in [0.717, 1.165) is 13.0 Å². The largest absolute Gasteiger partial charge is 0.379 e. The Kier molecular flexibility index (Phi) is 13.3. The van der Waals surface area contributed by atoms with Gasteiger partial charge in [-0.1, -0.05) is 33.1 Å². The fraction of sp³-hybridized carbons (Fsp3) is 0.933. The van der Waals surface area contributed by atoms with Crippen LogP contribution in [0.3, 0.4) is 0 Å². The van der Waals surface area contributed by atoms with E-state index in [1.807, 2.05) is 6.92 Å². The Morgan fingerprint density at radius 2 is 1.89 bits per heavy atom. The van der Waals surface area contributed by atoms with Crippen LogP contribution >= 0.6 is 0 Å². The maximum absolute atomic E-state index is 8.61. The van der Waals surface area contributed by atoms with E-state index in [1.165, 1.54) is 19.3 Å². The molecule has 4 nitrogen and oxygen atoms in total. The van der Waals surface area contributed by atoms with Gasteiger partial charge in [0.05, 0.1) is 25.7 Å². The van der Waals surface area contributed by atoms with Crippen molar-refractivity contribution in [3.63, 3.8) is 0 Å². The van der Waals surface area contributed by atoms with Gasteiger partial charge >= 0.3 is 0 Å². The number of rotatable bonds is 13. The highest BCUT2D eigenvalue weighted by Gasteiger charge is 2.08. The lowest BCUT2D eigenvalue weighted by molar-refractivity contribution is -0.145. The molecule has 0 aromatic carbocycles. The average molecular weight is 271 g/mol. The summed E-state index contributed by atoms with van der Waals surface area (Å²) in [5, 5.41) is 8.61. The monoisotopic (exact) mass is 271 g/mol. The first-order valence-electron chi connectivity index (χ1n) is 7.46. The normalized spacial score (nSPS) is 14.0. The van der Waals surface area contributed by atoms with Crippen molar-refractivity contribution in [2.45, 2.75) is 59.2 Å². The molecule has 2 unspecified atom stereocenters. The summed E-state index contributed by atoms with van der Waals surface area (Å²) >= 11 is 0. The Morgan fingerprint density at radius 1 is 1.11 bits per heavy atom. The van der Waals surface area contributed by atoms with Gasteiger partial charge in [0.1, 0.15) is 0 Å². The van der Waals surface area contributed by atoms with E-state index in [2.05, 4.69) is 19.9 Å². The summed E-state index contributed by atoms with van der Waals surface area (Å²) in [6.45, 7) is 8.72. The first-order chi connectivity index (χ1) is 9.28. The lowest BCUT2D eigenvalue weighted by atomic mass is 10.0. The maximum atomic E-state index is 8.61. The van der Waals surface area contributed by atoms with Crippen molar-refractivity contribution in [1.82, 2.24) is 0 Å². The highest BCUT2D eigenvalue weighted by atomic mass is 16.7. The summed E-state index contributed by atoms with van der Waals surface area (Å²) < 4.78 is 16.4. The predicted molar refractivity (Wildman–Crippen MR) is 75.7 cm³/mol. The topological polar surface area (TPSA) is 51.5 Å². The molecule has 0 N–H and O–H groups in total. The molecule has 0 heterocycles. The minimum atomic E-state index is -0.416. The molecule has 0 amide bonds. The van der Waals surface area contributed by atoms with Gasteiger partial charge in [0, 0.05) is 13.2 Å². The van der Waals surface area contributed by atoms with Crippen LogP contribution in [0.15, 0.2) is 0 Å². The zero-order chi connectivity index (χ0) is 14.3. The van der Waals surface area contributed by atoms with Crippen LogP contribution < -0.4 is 0 Å². The van der Waals surface area contributed by atoms with Gasteiger partial charge in [0.2, 0.25) is 0 Å². The zero-order valence-electron chi connectivity index (χ0n) is 12.7. The SMILES string of the molecule is CCCCC(CC)COCCOC(CC#N)OCC. The molecule has 0 radical (unpaired) electrons. The van der Waals surface area contributed by atoms with Gasteiger partial charge in [-0.15, -0.1) is 0 Å². The van der Waals surface area contributed by atoms with Crippen molar-refractivity contribution in [3.8, 4) is 6.07 Å². The van der Waals surface area contributed by atoms with Crippen molar-refractivity contribution in [1.29, 1.82) is 5.26 Å². The second-order valence-corrected chi connectivity index (χ2v) is 4.61. The third-order valence-electron chi connectivity index (χ3n) is 3.04. The first-order valence-corrected chi connectivity index (χ1v) is 7.46. The highest BCUT2D eigenvalue weighted by molar-refractivity contribution is 4.71. The van der Waals surface area contributed by atoms with Crippen molar-refractivity contribution in [2.75, 3.05) is 26.4 Å². The molecule has 0 aliphatic rings. The van der Waals surface area contributed by atoms with Gasteiger partial charge in [0.25, 0.3) is 0 Å². The Balaban J connectivity index is 3.58. The molecule has 0 bridgehead atoms. The van der Waals surface area contributed by atoms with Crippen LogP contribution in [-0.4, -0.2) is 32.7 Å². The van der Waals surface area contributed by atoms with Gasteiger partial charge in [-0.25, -0.2) is 0 Å². The van der Waals surface area contributed by atoms with Crippen LogP contribution in [0.2, 0.25) is 0 Å². The molecular formula is C15H29NO3. The van der Waals surface area contributed by atoms with Crippen molar-refractivity contribution in [2.24, 2.45) is 5.92 Å². The minimum absolute atomic E-state index is 0.266. The number of nitriles is 1. The van der Waals surface area contributed by atoms with E-state index < -0.39 is 6.29 Å². The van der Waals surface area contributed by atoms with Crippen LogP contribution in [0, 0.1) is 17.2 Å². The molecule has 0 aliphatic heterocycles. The van der Waals surface area contributed by atoms with Crippen LogP contribution in [0.5, 0.6) is 0 Å². The third-order valence-corrected chi connectivity index (χ3v) is 3.04. The smallest absolute Gasteiger partial charge is 0.170 e. The molecule has 0 saturated carbocycles. The summed E-state index contributed by atoms with van der Waals surface area (Å²) in [5.41, 5.74) is 0. The number of hydrogen-bond acceptors (Lipinski definition) is 4. The lowest BCUT2D eigenvalue weighted by Gasteiger charge is -2.17. The van der Waals surface area contributed by atoms with Crippen molar-refractivity contribution < 1.29 is 14.2 Å². The molecule has 4 heteroatoms. The van der Waals surface area contributed by atoms with Gasteiger partial charge < -0.3 is 14.2 Å². The minimum Gasteiger partial charge on any atom is -0.379 e. The molecule has 0 fully saturated rings. The average Bonchev–Trinajstić information content (AvgIpc) is 2.42. The Bertz CT molecular complexity index is 228. The van der Waals surface area contributed by atoms with Gasteiger partial charge in [0.15, 0.2) is 6.29 Å². The summed E-state index contributed by atoms with van der Waals surface area (Å²) in [7, 11) is 0. The van der Waals surface area contributed by atoms with Crippen molar-refractivity contribution >= 4 is 0 Å². The van der Waals surface area contributed by atoms with E-state index in [0.29, 0.717) is 25.7 Å². The van der Waals surface area contributed by atoms with E-state index in [4.69, 9.17) is 19.5 Å². The molecule has 0 aromatic rings. The second-order valence-electron chi connectivity index (χ2n) is 4.61. The molecule has 0 saturated heterocycles. The lowest BCUT2D eigenvalue weighted by Crippen LogP contribution is -2.20. The van der Waals surface area contributed by atoms with Gasteiger partial charge in [-0.05, 0) is 19.3 Å². The molecule has 0 rings (SSSR count). The molecule has 19 heavy (non-hydrogen) atoms. The quantitative estimate of drug-likeness (QED) is 0.380. The van der Waals surface area contributed by atoms with Crippen molar-refractivity contribution in [3.05, 3.63) is 0 Å². The van der Waals surface area contributed by atoms with Gasteiger partial charge in [-0.2, -0.15) is 5.26 Å². The number of unbranched alkanes of at least 4 members (excludes halogenated alkanes) is 1. The molecule has 2 atom stereocenters.